The fourth-order valence-electron chi connectivity index (χ4n) is 2.57. The molecule has 138 valence electrons. The van der Waals surface area contributed by atoms with E-state index in [1.165, 1.54) is 13.2 Å². The van der Waals surface area contributed by atoms with Gasteiger partial charge in [0.05, 0.1) is 12.7 Å². The Morgan fingerprint density at radius 3 is 2.46 bits per heavy atom. The molecular weight excluding hydrogens is 356 g/mol. The highest BCUT2D eigenvalue weighted by Gasteiger charge is 2.16. The molecule has 0 bridgehead atoms. The Labute approximate surface area is 161 Å². The summed E-state index contributed by atoms with van der Waals surface area (Å²) in [5.74, 6) is -0.284. The van der Waals surface area contributed by atoms with Crippen molar-refractivity contribution in [2.45, 2.75) is 0 Å². The lowest BCUT2D eigenvalue weighted by Crippen LogP contribution is -2.13. The number of carbonyl (C=O) groups excluding carboxylic acids is 2. The SMILES string of the molecule is COC(=O)c1ccccc1-c1ccc(/C=C(\C#N)C(=O)Nc2ccccc2)o1. The smallest absolute Gasteiger partial charge is 0.338 e. The van der Waals surface area contributed by atoms with Crippen molar-refractivity contribution in [1.82, 2.24) is 0 Å². The number of nitrogens with zero attached hydrogens (tertiary/aromatic N) is 1. The third kappa shape index (κ3) is 4.17. The minimum atomic E-state index is -0.540. The number of nitrogens with one attached hydrogen (secondary N) is 1. The van der Waals surface area contributed by atoms with Gasteiger partial charge in [-0.05, 0) is 30.3 Å². The lowest BCUT2D eigenvalue weighted by atomic mass is 10.1. The van der Waals surface area contributed by atoms with E-state index < -0.39 is 11.9 Å². The van der Waals surface area contributed by atoms with Crippen LogP contribution < -0.4 is 5.32 Å². The van der Waals surface area contributed by atoms with E-state index in [4.69, 9.17) is 9.15 Å². The van der Waals surface area contributed by atoms with Crippen LogP contribution in [0.25, 0.3) is 17.4 Å². The number of para-hydroxylation sites is 1. The fraction of sp³-hybridized carbons (Fsp3) is 0.0455. The fourth-order valence-corrected chi connectivity index (χ4v) is 2.57. The summed E-state index contributed by atoms with van der Waals surface area (Å²) in [6.45, 7) is 0. The first-order chi connectivity index (χ1) is 13.6. The molecule has 0 unspecified atom stereocenters. The van der Waals surface area contributed by atoms with Gasteiger partial charge in [0.25, 0.3) is 5.91 Å². The van der Waals surface area contributed by atoms with Crippen molar-refractivity contribution in [2.75, 3.05) is 12.4 Å². The van der Waals surface area contributed by atoms with E-state index >= 15 is 0 Å². The van der Waals surface area contributed by atoms with Gasteiger partial charge in [0, 0.05) is 17.3 Å². The van der Waals surface area contributed by atoms with Crippen LogP contribution in [-0.2, 0) is 9.53 Å². The van der Waals surface area contributed by atoms with Crippen molar-refractivity contribution < 1.29 is 18.7 Å². The van der Waals surface area contributed by atoms with E-state index in [-0.39, 0.29) is 5.57 Å². The Morgan fingerprint density at radius 1 is 1.04 bits per heavy atom. The quantitative estimate of drug-likeness (QED) is 0.410. The number of ether oxygens (including phenoxy) is 1. The summed E-state index contributed by atoms with van der Waals surface area (Å²) < 4.78 is 10.5. The number of hydrogen-bond donors (Lipinski definition) is 1. The maximum Gasteiger partial charge on any atom is 0.338 e. The van der Waals surface area contributed by atoms with Crippen LogP contribution in [0.5, 0.6) is 0 Å². The third-order valence-electron chi connectivity index (χ3n) is 3.91. The number of carbonyl (C=O) groups is 2. The van der Waals surface area contributed by atoms with Crippen LogP contribution >= 0.6 is 0 Å². The number of nitriles is 1. The van der Waals surface area contributed by atoms with Gasteiger partial charge in [-0.1, -0.05) is 36.4 Å². The van der Waals surface area contributed by atoms with Gasteiger partial charge < -0.3 is 14.5 Å². The van der Waals surface area contributed by atoms with E-state index in [0.717, 1.165) is 0 Å². The number of furan rings is 1. The second-order valence-corrected chi connectivity index (χ2v) is 5.73. The molecular formula is C22H16N2O4. The molecule has 0 radical (unpaired) electrons. The molecule has 0 atom stereocenters. The maximum atomic E-state index is 12.3. The summed E-state index contributed by atoms with van der Waals surface area (Å²) in [5, 5.41) is 12.0. The molecule has 0 aliphatic rings. The molecule has 0 saturated heterocycles. The number of anilines is 1. The van der Waals surface area contributed by atoms with Crippen LogP contribution in [0.1, 0.15) is 16.1 Å². The summed E-state index contributed by atoms with van der Waals surface area (Å²) in [4.78, 5) is 24.2. The van der Waals surface area contributed by atoms with Crippen molar-refractivity contribution in [3.8, 4) is 17.4 Å². The molecule has 0 fully saturated rings. The molecule has 0 spiro atoms. The molecule has 0 aliphatic heterocycles. The number of methoxy groups -OCH3 is 1. The monoisotopic (exact) mass is 372 g/mol. The van der Waals surface area contributed by atoms with E-state index in [9.17, 15) is 14.9 Å². The Balaban J connectivity index is 1.86. The minimum absolute atomic E-state index is 0.106. The van der Waals surface area contributed by atoms with Crippen molar-refractivity contribution in [2.24, 2.45) is 0 Å². The van der Waals surface area contributed by atoms with Gasteiger partial charge >= 0.3 is 5.97 Å². The average Bonchev–Trinajstić information content (AvgIpc) is 3.20. The molecule has 1 amide bonds. The topological polar surface area (TPSA) is 92.3 Å². The van der Waals surface area contributed by atoms with Crippen LogP contribution in [0.3, 0.4) is 0 Å². The summed E-state index contributed by atoms with van der Waals surface area (Å²) in [6.07, 6.45) is 1.35. The van der Waals surface area contributed by atoms with Gasteiger partial charge in [0.2, 0.25) is 0 Å². The standard InChI is InChI=1S/C22H16N2O4/c1-27-22(26)19-10-6-5-9-18(19)20-12-11-17(28-20)13-15(14-23)21(25)24-16-7-3-2-4-8-16/h2-13H,1H3,(H,24,25)/b15-13+. The number of amides is 1. The van der Waals surface area contributed by atoms with Crippen molar-refractivity contribution in [1.29, 1.82) is 5.26 Å². The van der Waals surface area contributed by atoms with Crippen LogP contribution in [0, 0.1) is 11.3 Å². The van der Waals surface area contributed by atoms with Crippen molar-refractivity contribution in [3.63, 3.8) is 0 Å². The predicted octanol–water partition coefficient (Wildman–Crippen LogP) is 4.28. The lowest BCUT2D eigenvalue weighted by molar-refractivity contribution is -0.112. The average molecular weight is 372 g/mol. The highest BCUT2D eigenvalue weighted by atomic mass is 16.5. The number of esters is 1. The van der Waals surface area contributed by atoms with Crippen molar-refractivity contribution in [3.05, 3.63) is 83.6 Å². The zero-order valence-electron chi connectivity index (χ0n) is 15.0. The lowest BCUT2D eigenvalue weighted by Gasteiger charge is -2.05. The molecule has 6 nitrogen and oxygen atoms in total. The third-order valence-corrected chi connectivity index (χ3v) is 3.91. The van der Waals surface area contributed by atoms with Crippen LogP contribution in [-0.4, -0.2) is 19.0 Å². The molecule has 1 aromatic heterocycles. The van der Waals surface area contributed by atoms with E-state index in [1.54, 1.807) is 60.7 Å². The predicted molar refractivity (Wildman–Crippen MR) is 104 cm³/mol. The molecule has 1 heterocycles. The largest absolute Gasteiger partial charge is 0.465 e. The summed E-state index contributed by atoms with van der Waals surface area (Å²) in [5.41, 5.74) is 1.39. The second-order valence-electron chi connectivity index (χ2n) is 5.73. The van der Waals surface area contributed by atoms with Crippen LogP contribution in [0.15, 0.2) is 76.7 Å². The van der Waals surface area contributed by atoms with Crippen LogP contribution in [0.2, 0.25) is 0 Å². The van der Waals surface area contributed by atoms with Gasteiger partial charge in [0.15, 0.2) is 0 Å². The highest BCUT2D eigenvalue weighted by Crippen LogP contribution is 2.27. The molecule has 28 heavy (non-hydrogen) atoms. The molecule has 6 heteroatoms. The van der Waals surface area contributed by atoms with Gasteiger partial charge in [-0.15, -0.1) is 0 Å². The number of rotatable bonds is 5. The molecule has 3 rings (SSSR count). The Bertz CT molecular complexity index is 1080. The Hall–Kier alpha value is -4.11. The molecule has 0 saturated carbocycles. The molecule has 1 N–H and O–H groups in total. The van der Waals surface area contributed by atoms with E-state index in [0.29, 0.717) is 28.3 Å². The summed E-state index contributed by atoms with van der Waals surface area (Å²) in [7, 11) is 1.31. The van der Waals surface area contributed by atoms with E-state index in [1.807, 2.05) is 12.1 Å². The Kier molecular flexibility index (Phi) is 5.68. The zero-order chi connectivity index (χ0) is 19.9. The highest BCUT2D eigenvalue weighted by molar-refractivity contribution is 6.09. The first-order valence-corrected chi connectivity index (χ1v) is 8.38. The molecule has 3 aromatic rings. The minimum Gasteiger partial charge on any atom is -0.465 e. The number of benzene rings is 2. The summed E-state index contributed by atoms with van der Waals surface area (Å²) >= 11 is 0. The molecule has 2 aromatic carbocycles. The van der Waals surface area contributed by atoms with Gasteiger partial charge in [-0.3, -0.25) is 4.79 Å². The van der Waals surface area contributed by atoms with E-state index in [2.05, 4.69) is 5.32 Å². The van der Waals surface area contributed by atoms with Gasteiger partial charge in [-0.25, -0.2) is 4.79 Å². The first kappa shape index (κ1) is 18.7. The molecule has 0 aliphatic carbocycles. The van der Waals surface area contributed by atoms with Crippen molar-refractivity contribution >= 4 is 23.6 Å². The van der Waals surface area contributed by atoms with Gasteiger partial charge in [-0.2, -0.15) is 5.26 Å². The van der Waals surface area contributed by atoms with Gasteiger partial charge in [0.1, 0.15) is 23.2 Å². The summed E-state index contributed by atoms with van der Waals surface area (Å²) in [6, 6.07) is 20.9. The van der Waals surface area contributed by atoms with Crippen LogP contribution in [0.4, 0.5) is 5.69 Å². The second kappa shape index (κ2) is 8.52. The number of hydrogen-bond acceptors (Lipinski definition) is 5. The maximum absolute atomic E-state index is 12.3. The normalized spacial score (nSPS) is 10.8. The first-order valence-electron chi connectivity index (χ1n) is 8.38. The Morgan fingerprint density at radius 2 is 1.75 bits per heavy atom. The zero-order valence-corrected chi connectivity index (χ0v) is 15.0.